The molecule has 4 rings (SSSR count). The minimum absolute atomic E-state index is 0.00684. The molecule has 13 heteroatoms. The van der Waals surface area contributed by atoms with Crippen molar-refractivity contribution in [2.75, 3.05) is 26.7 Å². The Balaban J connectivity index is 1.65. The number of hydrogen-bond donors (Lipinski definition) is 0. The van der Waals surface area contributed by atoms with E-state index in [-0.39, 0.29) is 37.9 Å². The van der Waals surface area contributed by atoms with Crippen molar-refractivity contribution in [2.45, 2.75) is 51.3 Å². The van der Waals surface area contributed by atoms with Gasteiger partial charge in [0.15, 0.2) is 0 Å². The quantitative estimate of drug-likeness (QED) is 0.265. The van der Waals surface area contributed by atoms with Crippen LogP contribution in [-0.4, -0.2) is 53.5 Å². The largest absolute Gasteiger partial charge is 0.445 e. The molecule has 3 amide bonds. The van der Waals surface area contributed by atoms with Crippen LogP contribution in [0, 0.1) is 12.7 Å². The van der Waals surface area contributed by atoms with Crippen LogP contribution >= 0.6 is 0 Å². The minimum atomic E-state index is -5.06. The van der Waals surface area contributed by atoms with E-state index in [2.05, 4.69) is 0 Å². The number of carbonyl (C=O) groups is 2. The zero-order valence-corrected chi connectivity index (χ0v) is 25.0. The van der Waals surface area contributed by atoms with Crippen molar-refractivity contribution >= 4 is 12.1 Å². The molecule has 0 aromatic heterocycles. The molecule has 45 heavy (non-hydrogen) atoms. The summed E-state index contributed by atoms with van der Waals surface area (Å²) in [6.07, 6.45) is -10.8. The maximum atomic E-state index is 14.0. The van der Waals surface area contributed by atoms with Gasteiger partial charge in [0.1, 0.15) is 12.4 Å². The first-order valence-electron chi connectivity index (χ1n) is 14.0. The van der Waals surface area contributed by atoms with Gasteiger partial charge in [-0.3, -0.25) is 0 Å². The van der Waals surface area contributed by atoms with E-state index in [1.54, 1.807) is 31.2 Å². The topological polar surface area (TPSA) is 53.1 Å². The minimum Gasteiger partial charge on any atom is -0.445 e. The van der Waals surface area contributed by atoms with Crippen molar-refractivity contribution in [3.8, 4) is 0 Å². The van der Waals surface area contributed by atoms with Crippen LogP contribution in [0.4, 0.5) is 40.3 Å². The maximum Gasteiger partial charge on any atom is 0.416 e. The van der Waals surface area contributed by atoms with Crippen LogP contribution in [0.25, 0.3) is 0 Å². The second-order valence-electron chi connectivity index (χ2n) is 11.4. The number of alkyl halides is 6. The summed E-state index contributed by atoms with van der Waals surface area (Å²) in [7, 11) is 1.28. The highest BCUT2D eigenvalue weighted by molar-refractivity contribution is 5.77. The van der Waals surface area contributed by atoms with E-state index in [0.717, 1.165) is 10.5 Å². The Hall–Kier alpha value is -4.29. The smallest absolute Gasteiger partial charge is 0.416 e. The Morgan fingerprint density at radius 1 is 0.867 bits per heavy atom. The van der Waals surface area contributed by atoms with Crippen LogP contribution in [0.2, 0.25) is 0 Å². The Morgan fingerprint density at radius 3 is 2.00 bits per heavy atom. The standard InChI is InChI=1S/C32H32F7N3O3/c1-20-14-25(33)10-11-26(20)27-18-41(29(44)45-19-21-8-6-5-7-9-21)12-13-42(27)28(43)40(4)30(2,3)22-15-23(31(34,35)36)17-24(16-22)32(37,38)39/h5-11,14-17,27H,12-13,18-19H2,1-4H3. The van der Waals surface area contributed by atoms with Crippen LogP contribution in [0.15, 0.2) is 66.7 Å². The van der Waals surface area contributed by atoms with Gasteiger partial charge in [-0.25, -0.2) is 14.0 Å². The number of halogens is 7. The summed E-state index contributed by atoms with van der Waals surface area (Å²) in [5.41, 5.74) is -3.27. The normalized spacial score (nSPS) is 16.0. The lowest BCUT2D eigenvalue weighted by Gasteiger charge is -2.46. The predicted octanol–water partition coefficient (Wildman–Crippen LogP) is 8.15. The number of benzene rings is 3. The number of aryl methyl sites for hydroxylation is 1. The fourth-order valence-electron chi connectivity index (χ4n) is 5.20. The molecule has 1 aliphatic heterocycles. The molecule has 0 bridgehead atoms. The molecule has 3 aromatic carbocycles. The molecule has 0 N–H and O–H groups in total. The van der Waals surface area contributed by atoms with Crippen LogP contribution in [0.1, 0.15) is 53.3 Å². The van der Waals surface area contributed by atoms with E-state index < -0.39 is 53.0 Å². The molecule has 6 nitrogen and oxygen atoms in total. The van der Waals surface area contributed by atoms with Gasteiger partial charge >= 0.3 is 24.5 Å². The van der Waals surface area contributed by atoms with E-state index in [1.165, 1.54) is 48.9 Å². The fourth-order valence-corrected chi connectivity index (χ4v) is 5.20. The first kappa shape index (κ1) is 33.6. The number of ether oxygens (including phenoxy) is 1. The molecule has 1 saturated heterocycles. The molecule has 3 aromatic rings. The van der Waals surface area contributed by atoms with Gasteiger partial charge in [0, 0.05) is 26.7 Å². The highest BCUT2D eigenvalue weighted by Crippen LogP contribution is 2.40. The molecule has 1 aliphatic rings. The van der Waals surface area contributed by atoms with E-state index in [9.17, 15) is 40.3 Å². The second-order valence-corrected chi connectivity index (χ2v) is 11.4. The second kappa shape index (κ2) is 12.6. The van der Waals surface area contributed by atoms with Crippen molar-refractivity contribution in [3.63, 3.8) is 0 Å². The molecule has 0 radical (unpaired) electrons. The van der Waals surface area contributed by atoms with Gasteiger partial charge < -0.3 is 19.4 Å². The summed E-state index contributed by atoms with van der Waals surface area (Å²) in [5, 5.41) is 0. The van der Waals surface area contributed by atoms with Crippen LogP contribution < -0.4 is 0 Å². The molecule has 1 heterocycles. The molecular weight excluding hydrogens is 607 g/mol. The molecule has 1 unspecified atom stereocenters. The Bertz CT molecular complexity index is 1510. The Kier molecular flexibility index (Phi) is 9.41. The molecule has 0 saturated carbocycles. The summed E-state index contributed by atoms with van der Waals surface area (Å²) < 4.78 is 101. The molecule has 1 fully saturated rings. The lowest BCUT2D eigenvalue weighted by atomic mass is 9.89. The lowest BCUT2D eigenvalue weighted by Crippen LogP contribution is -2.57. The van der Waals surface area contributed by atoms with Crippen molar-refractivity contribution in [3.05, 3.63) is 106 Å². The van der Waals surface area contributed by atoms with Gasteiger partial charge in [0.05, 0.1) is 22.7 Å². The van der Waals surface area contributed by atoms with Crippen molar-refractivity contribution < 1.29 is 45.1 Å². The van der Waals surface area contributed by atoms with Gasteiger partial charge in [-0.15, -0.1) is 0 Å². The zero-order valence-electron chi connectivity index (χ0n) is 25.0. The molecule has 242 valence electrons. The molecular formula is C32H32F7N3O3. The number of amides is 3. The number of piperazine rings is 1. The number of hydrogen-bond acceptors (Lipinski definition) is 3. The number of carbonyl (C=O) groups excluding carboxylic acids is 2. The van der Waals surface area contributed by atoms with Crippen molar-refractivity contribution in [1.29, 1.82) is 0 Å². The maximum absolute atomic E-state index is 14.0. The Morgan fingerprint density at radius 2 is 1.44 bits per heavy atom. The lowest BCUT2D eigenvalue weighted by molar-refractivity contribution is -0.143. The van der Waals surface area contributed by atoms with Crippen LogP contribution in [0.3, 0.4) is 0 Å². The first-order chi connectivity index (χ1) is 20.9. The van der Waals surface area contributed by atoms with Crippen molar-refractivity contribution in [2.24, 2.45) is 0 Å². The fraction of sp³-hybridized carbons (Fsp3) is 0.375. The van der Waals surface area contributed by atoms with Gasteiger partial charge in [0.2, 0.25) is 0 Å². The van der Waals surface area contributed by atoms with Gasteiger partial charge in [-0.1, -0.05) is 36.4 Å². The predicted molar refractivity (Wildman–Crippen MR) is 151 cm³/mol. The highest BCUT2D eigenvalue weighted by Gasteiger charge is 2.43. The summed E-state index contributed by atoms with van der Waals surface area (Å²) in [4.78, 5) is 30.9. The number of urea groups is 1. The monoisotopic (exact) mass is 639 g/mol. The zero-order chi connectivity index (χ0) is 33.3. The summed E-state index contributed by atoms with van der Waals surface area (Å²) in [6.45, 7) is 4.26. The molecule has 1 atom stereocenters. The number of rotatable bonds is 5. The summed E-state index contributed by atoms with van der Waals surface area (Å²) in [5.74, 6) is -0.521. The third-order valence-corrected chi connectivity index (χ3v) is 8.10. The van der Waals surface area contributed by atoms with Crippen LogP contribution in [0.5, 0.6) is 0 Å². The van der Waals surface area contributed by atoms with E-state index >= 15 is 0 Å². The SMILES string of the molecule is Cc1cc(F)ccc1C1CN(C(=O)OCc2ccccc2)CCN1C(=O)N(C)C(C)(C)c1cc(C(F)(F)F)cc(C(F)(F)F)c1. The summed E-state index contributed by atoms with van der Waals surface area (Å²) in [6, 6.07) is 12.6. The Labute approximate surface area is 256 Å². The van der Waals surface area contributed by atoms with Gasteiger partial charge in [-0.2, -0.15) is 26.3 Å². The van der Waals surface area contributed by atoms with Gasteiger partial charge in [0.25, 0.3) is 0 Å². The van der Waals surface area contributed by atoms with E-state index in [0.29, 0.717) is 23.3 Å². The highest BCUT2D eigenvalue weighted by atomic mass is 19.4. The third kappa shape index (κ3) is 7.51. The van der Waals surface area contributed by atoms with Gasteiger partial charge in [-0.05, 0) is 73.4 Å². The molecule has 0 spiro atoms. The summed E-state index contributed by atoms with van der Waals surface area (Å²) >= 11 is 0. The number of nitrogens with zero attached hydrogens (tertiary/aromatic N) is 3. The first-order valence-corrected chi connectivity index (χ1v) is 14.0. The molecule has 0 aliphatic carbocycles. The van der Waals surface area contributed by atoms with E-state index in [1.807, 2.05) is 6.07 Å². The van der Waals surface area contributed by atoms with E-state index in [4.69, 9.17) is 4.74 Å². The third-order valence-electron chi connectivity index (χ3n) is 8.10. The van der Waals surface area contributed by atoms with Crippen LogP contribution in [-0.2, 0) is 29.2 Å². The van der Waals surface area contributed by atoms with Crippen molar-refractivity contribution in [1.82, 2.24) is 14.7 Å². The average Bonchev–Trinajstić information content (AvgIpc) is 2.98. The average molecular weight is 640 g/mol.